The summed E-state index contributed by atoms with van der Waals surface area (Å²) in [5.41, 5.74) is 0.834. The van der Waals surface area contributed by atoms with E-state index in [9.17, 15) is 4.79 Å². The van der Waals surface area contributed by atoms with Crippen molar-refractivity contribution in [2.75, 3.05) is 7.11 Å². The number of aryl methyl sites for hydroxylation is 1. The molecule has 0 fully saturated rings. The summed E-state index contributed by atoms with van der Waals surface area (Å²) in [5.74, 6) is 0. The van der Waals surface area contributed by atoms with Crippen molar-refractivity contribution in [1.82, 2.24) is 9.55 Å². The van der Waals surface area contributed by atoms with Crippen molar-refractivity contribution in [3.05, 3.63) is 16.7 Å². The van der Waals surface area contributed by atoms with Crippen LogP contribution >= 0.6 is 12.2 Å². The van der Waals surface area contributed by atoms with E-state index in [1.54, 1.807) is 6.20 Å². The van der Waals surface area contributed by atoms with Crippen molar-refractivity contribution < 1.29 is 9.53 Å². The number of hydrogen-bond donors (Lipinski definition) is 1. The van der Waals surface area contributed by atoms with E-state index in [-0.39, 0.29) is 0 Å². The molecule has 1 aromatic rings. The van der Waals surface area contributed by atoms with Gasteiger partial charge in [-0.05, 0) is 19.1 Å². The first-order valence-electron chi connectivity index (χ1n) is 3.01. The summed E-state index contributed by atoms with van der Waals surface area (Å²) in [6.45, 7) is 1.81. The van der Waals surface area contributed by atoms with Crippen LogP contribution in [0.5, 0.6) is 0 Å². The van der Waals surface area contributed by atoms with Crippen molar-refractivity contribution in [1.29, 1.82) is 0 Å². The van der Waals surface area contributed by atoms with Gasteiger partial charge in [-0.15, -0.1) is 0 Å². The molecule has 5 heteroatoms. The molecule has 0 atom stereocenters. The highest BCUT2D eigenvalue weighted by Crippen LogP contribution is 1.97. The predicted octanol–water partition coefficient (Wildman–Crippen LogP) is 1.47. The number of carbonyl (C=O) groups is 1. The maximum atomic E-state index is 10.9. The second-order valence-electron chi connectivity index (χ2n) is 2.08. The molecule has 1 N–H and O–H groups in total. The molecule has 0 aliphatic carbocycles. The molecule has 0 aliphatic rings. The maximum absolute atomic E-state index is 10.9. The monoisotopic (exact) mass is 172 g/mol. The summed E-state index contributed by atoms with van der Waals surface area (Å²) in [7, 11) is 1.31. The van der Waals surface area contributed by atoms with Gasteiger partial charge in [-0.1, -0.05) is 0 Å². The minimum Gasteiger partial charge on any atom is -0.452 e. The smallest absolute Gasteiger partial charge is 0.420 e. The van der Waals surface area contributed by atoms with Gasteiger partial charge in [-0.2, -0.15) is 0 Å². The van der Waals surface area contributed by atoms with Gasteiger partial charge in [0.05, 0.1) is 7.11 Å². The van der Waals surface area contributed by atoms with Crippen LogP contribution in [0.15, 0.2) is 6.20 Å². The van der Waals surface area contributed by atoms with Crippen LogP contribution in [0.3, 0.4) is 0 Å². The van der Waals surface area contributed by atoms with E-state index in [1.807, 2.05) is 6.92 Å². The van der Waals surface area contributed by atoms with Gasteiger partial charge < -0.3 is 9.72 Å². The van der Waals surface area contributed by atoms with Gasteiger partial charge in [0.2, 0.25) is 0 Å². The van der Waals surface area contributed by atoms with Crippen LogP contribution in [-0.4, -0.2) is 22.8 Å². The zero-order chi connectivity index (χ0) is 8.43. The van der Waals surface area contributed by atoms with Gasteiger partial charge in [-0.3, -0.25) is 0 Å². The van der Waals surface area contributed by atoms with Crippen LogP contribution in [0.25, 0.3) is 0 Å². The summed E-state index contributed by atoms with van der Waals surface area (Å²) in [6, 6.07) is 0. The molecule has 0 amide bonds. The van der Waals surface area contributed by atoms with Crippen LogP contribution in [-0.2, 0) is 4.74 Å². The van der Waals surface area contributed by atoms with Crippen LogP contribution < -0.4 is 0 Å². The highest BCUT2D eigenvalue weighted by atomic mass is 32.1. The standard InChI is InChI=1S/C6H8N2O2S/c1-4-3-8(5(11)7-4)6(9)10-2/h3H,1-2H3,(H,7,11). The Morgan fingerprint density at radius 2 is 2.45 bits per heavy atom. The Morgan fingerprint density at radius 3 is 2.82 bits per heavy atom. The average Bonchev–Trinajstić information content (AvgIpc) is 2.28. The van der Waals surface area contributed by atoms with Crippen molar-refractivity contribution in [3.63, 3.8) is 0 Å². The summed E-state index contributed by atoms with van der Waals surface area (Å²) < 4.78 is 6.06. The first-order chi connectivity index (χ1) is 5.15. The zero-order valence-electron chi connectivity index (χ0n) is 6.25. The summed E-state index contributed by atoms with van der Waals surface area (Å²) in [5, 5.41) is 0. The van der Waals surface area contributed by atoms with Gasteiger partial charge in [-0.25, -0.2) is 9.36 Å². The third-order valence-electron chi connectivity index (χ3n) is 1.22. The lowest BCUT2D eigenvalue weighted by atomic mass is 10.6. The zero-order valence-corrected chi connectivity index (χ0v) is 7.07. The average molecular weight is 172 g/mol. The maximum Gasteiger partial charge on any atom is 0.420 e. The molecule has 0 spiro atoms. The summed E-state index contributed by atoms with van der Waals surface area (Å²) in [6.07, 6.45) is 1.12. The number of hydrogen-bond acceptors (Lipinski definition) is 3. The highest BCUT2D eigenvalue weighted by Gasteiger charge is 2.04. The molecule has 0 saturated heterocycles. The lowest BCUT2D eigenvalue weighted by molar-refractivity contribution is 0.172. The van der Waals surface area contributed by atoms with Crippen LogP contribution in [0.4, 0.5) is 4.79 Å². The Morgan fingerprint density at radius 1 is 1.82 bits per heavy atom. The summed E-state index contributed by atoms with van der Waals surface area (Å²) >= 11 is 4.82. The molecule has 1 heterocycles. The summed E-state index contributed by atoms with van der Waals surface area (Å²) in [4.78, 5) is 13.7. The Balaban J connectivity index is 3.13. The largest absolute Gasteiger partial charge is 0.452 e. The molecular weight excluding hydrogens is 164 g/mol. The number of nitrogens with one attached hydrogen (secondary N) is 1. The van der Waals surface area contributed by atoms with Gasteiger partial charge in [0.15, 0.2) is 4.77 Å². The first-order valence-corrected chi connectivity index (χ1v) is 3.42. The van der Waals surface area contributed by atoms with Crippen molar-refractivity contribution in [3.8, 4) is 0 Å². The molecule has 60 valence electrons. The van der Waals surface area contributed by atoms with Crippen LogP contribution in [0.1, 0.15) is 5.69 Å². The van der Waals surface area contributed by atoms with Crippen molar-refractivity contribution in [2.24, 2.45) is 0 Å². The lowest BCUT2D eigenvalue weighted by Crippen LogP contribution is -2.09. The second-order valence-corrected chi connectivity index (χ2v) is 2.47. The number of nitrogens with zero attached hydrogens (tertiary/aromatic N) is 1. The molecule has 1 rings (SSSR count). The molecule has 0 aromatic carbocycles. The Kier molecular flexibility index (Phi) is 2.09. The Labute approximate surface area is 68.8 Å². The molecule has 0 bridgehead atoms. The third kappa shape index (κ3) is 1.48. The van der Waals surface area contributed by atoms with E-state index in [2.05, 4.69) is 9.72 Å². The van der Waals surface area contributed by atoms with Crippen LogP contribution in [0.2, 0.25) is 0 Å². The molecule has 1 aromatic heterocycles. The normalized spacial score (nSPS) is 9.64. The fourth-order valence-electron chi connectivity index (χ4n) is 0.747. The van der Waals surface area contributed by atoms with E-state index in [0.717, 1.165) is 5.69 Å². The lowest BCUT2D eigenvalue weighted by Gasteiger charge is -1.95. The van der Waals surface area contributed by atoms with Crippen molar-refractivity contribution >= 4 is 18.3 Å². The first kappa shape index (κ1) is 8.00. The number of aromatic amines is 1. The minimum atomic E-state index is -0.473. The number of imidazole rings is 1. The molecule has 4 nitrogen and oxygen atoms in total. The van der Waals surface area contributed by atoms with Gasteiger partial charge in [0.25, 0.3) is 0 Å². The number of methoxy groups -OCH3 is 1. The fraction of sp³-hybridized carbons (Fsp3) is 0.333. The fourth-order valence-corrected chi connectivity index (χ4v) is 1.04. The van der Waals surface area contributed by atoms with E-state index >= 15 is 0 Å². The molecule has 0 radical (unpaired) electrons. The Hall–Kier alpha value is -1.10. The topological polar surface area (TPSA) is 47.0 Å². The number of rotatable bonds is 0. The number of carbonyl (C=O) groups excluding carboxylic acids is 1. The van der Waals surface area contributed by atoms with Crippen LogP contribution in [0, 0.1) is 11.7 Å². The van der Waals surface area contributed by atoms with Gasteiger partial charge in [0.1, 0.15) is 0 Å². The quantitative estimate of drug-likeness (QED) is 0.603. The van der Waals surface area contributed by atoms with Gasteiger partial charge >= 0.3 is 6.09 Å². The number of ether oxygens (including phenoxy) is 1. The number of H-pyrrole nitrogens is 1. The Bertz CT molecular complexity index is 326. The molecule has 0 unspecified atom stereocenters. The molecule has 11 heavy (non-hydrogen) atoms. The highest BCUT2D eigenvalue weighted by molar-refractivity contribution is 7.71. The van der Waals surface area contributed by atoms with E-state index < -0.39 is 6.09 Å². The van der Waals surface area contributed by atoms with Gasteiger partial charge in [0, 0.05) is 11.9 Å². The molecular formula is C6H8N2O2S. The third-order valence-corrected chi connectivity index (χ3v) is 1.52. The van der Waals surface area contributed by atoms with E-state index in [0.29, 0.717) is 4.77 Å². The predicted molar refractivity (Wildman–Crippen MR) is 42.2 cm³/mol. The van der Waals surface area contributed by atoms with E-state index in [4.69, 9.17) is 12.2 Å². The molecule has 0 saturated carbocycles. The SMILES string of the molecule is COC(=O)n1cc(C)[nH]c1=S. The van der Waals surface area contributed by atoms with E-state index in [1.165, 1.54) is 11.7 Å². The second kappa shape index (κ2) is 2.87. The number of aromatic nitrogens is 2. The van der Waals surface area contributed by atoms with Crippen molar-refractivity contribution in [2.45, 2.75) is 6.92 Å². The molecule has 0 aliphatic heterocycles. The minimum absolute atomic E-state index is 0.356.